The molecule has 2 fully saturated rings. The minimum atomic E-state index is -3.40. The van der Waals surface area contributed by atoms with Crippen LogP contribution in [0.15, 0.2) is 29.2 Å². The van der Waals surface area contributed by atoms with E-state index in [-0.39, 0.29) is 6.10 Å². The van der Waals surface area contributed by atoms with Gasteiger partial charge in [0.2, 0.25) is 10.0 Å². The number of ether oxygens (including phenoxy) is 1. The van der Waals surface area contributed by atoms with Crippen molar-refractivity contribution in [3.8, 4) is 0 Å². The van der Waals surface area contributed by atoms with Crippen LogP contribution in [-0.4, -0.2) is 44.6 Å². The van der Waals surface area contributed by atoms with Crippen LogP contribution in [-0.2, 0) is 21.3 Å². The first kappa shape index (κ1) is 15.0. The van der Waals surface area contributed by atoms with E-state index in [4.69, 9.17) is 4.74 Å². The minimum Gasteiger partial charge on any atom is -0.376 e. The SMILES string of the molecule is CC1CN(S(=O)(=O)c2ccc(CNC3CC3)cc2)CCO1. The molecule has 1 aromatic rings. The van der Waals surface area contributed by atoms with E-state index in [0.29, 0.717) is 30.6 Å². The molecule has 21 heavy (non-hydrogen) atoms. The van der Waals surface area contributed by atoms with E-state index in [1.165, 1.54) is 17.1 Å². The molecule has 1 heterocycles. The van der Waals surface area contributed by atoms with Crippen LogP contribution in [0.5, 0.6) is 0 Å². The first-order valence-corrected chi connectivity index (χ1v) is 8.94. The summed E-state index contributed by atoms with van der Waals surface area (Å²) in [4.78, 5) is 0.367. The number of benzene rings is 1. The van der Waals surface area contributed by atoms with Gasteiger partial charge in [0.15, 0.2) is 0 Å². The normalized spacial score (nSPS) is 24.1. The molecule has 0 aromatic heterocycles. The molecule has 1 aliphatic carbocycles. The lowest BCUT2D eigenvalue weighted by molar-refractivity contribution is 0.0102. The van der Waals surface area contributed by atoms with Gasteiger partial charge in [-0.3, -0.25) is 0 Å². The third kappa shape index (κ3) is 3.63. The van der Waals surface area contributed by atoms with Crippen molar-refractivity contribution in [2.24, 2.45) is 0 Å². The van der Waals surface area contributed by atoms with Gasteiger partial charge in [-0.1, -0.05) is 12.1 Å². The summed E-state index contributed by atoms with van der Waals surface area (Å²) in [5, 5.41) is 3.42. The number of nitrogens with one attached hydrogen (secondary N) is 1. The summed E-state index contributed by atoms with van der Waals surface area (Å²) >= 11 is 0. The van der Waals surface area contributed by atoms with Crippen LogP contribution in [0.4, 0.5) is 0 Å². The van der Waals surface area contributed by atoms with Gasteiger partial charge in [-0.15, -0.1) is 0 Å². The summed E-state index contributed by atoms with van der Waals surface area (Å²) in [6, 6.07) is 7.86. The summed E-state index contributed by atoms with van der Waals surface area (Å²) in [5.41, 5.74) is 1.12. The van der Waals surface area contributed by atoms with E-state index in [1.54, 1.807) is 12.1 Å². The highest BCUT2D eigenvalue weighted by molar-refractivity contribution is 7.89. The fraction of sp³-hybridized carbons (Fsp3) is 0.600. The van der Waals surface area contributed by atoms with Crippen LogP contribution >= 0.6 is 0 Å². The average molecular weight is 310 g/mol. The van der Waals surface area contributed by atoms with Crippen molar-refractivity contribution >= 4 is 10.0 Å². The second-order valence-corrected chi connectivity index (χ2v) is 7.78. The molecule has 116 valence electrons. The number of rotatable bonds is 5. The molecule has 1 saturated carbocycles. The highest BCUT2D eigenvalue weighted by atomic mass is 32.2. The van der Waals surface area contributed by atoms with Gasteiger partial charge < -0.3 is 10.1 Å². The predicted octanol–water partition coefficient (Wildman–Crippen LogP) is 1.35. The number of morpholine rings is 1. The maximum atomic E-state index is 12.6. The molecular weight excluding hydrogens is 288 g/mol. The molecule has 5 nitrogen and oxygen atoms in total. The van der Waals surface area contributed by atoms with E-state index in [0.717, 1.165) is 12.1 Å². The molecule has 1 unspecified atom stereocenters. The second-order valence-electron chi connectivity index (χ2n) is 5.84. The van der Waals surface area contributed by atoms with Gasteiger partial charge in [0.1, 0.15) is 0 Å². The minimum absolute atomic E-state index is 0.0458. The summed E-state index contributed by atoms with van der Waals surface area (Å²) < 4.78 is 32.1. The zero-order valence-electron chi connectivity index (χ0n) is 12.3. The third-order valence-corrected chi connectivity index (χ3v) is 5.82. The van der Waals surface area contributed by atoms with Crippen molar-refractivity contribution in [3.05, 3.63) is 29.8 Å². The maximum absolute atomic E-state index is 12.6. The van der Waals surface area contributed by atoms with Crippen LogP contribution in [0.2, 0.25) is 0 Å². The smallest absolute Gasteiger partial charge is 0.243 e. The Morgan fingerprint density at radius 3 is 2.62 bits per heavy atom. The Labute approximate surface area is 126 Å². The number of nitrogens with zero attached hydrogens (tertiary/aromatic N) is 1. The molecule has 1 aromatic carbocycles. The second kappa shape index (κ2) is 6.04. The van der Waals surface area contributed by atoms with Crippen LogP contribution in [0, 0.1) is 0 Å². The van der Waals surface area contributed by atoms with Crippen LogP contribution in [0.3, 0.4) is 0 Å². The monoisotopic (exact) mass is 310 g/mol. The Morgan fingerprint density at radius 1 is 1.29 bits per heavy atom. The summed E-state index contributed by atoms with van der Waals surface area (Å²) in [5.74, 6) is 0. The number of hydrogen-bond donors (Lipinski definition) is 1. The standard InChI is InChI=1S/C15H22N2O3S/c1-12-11-17(8-9-20-12)21(18,19)15-6-2-13(3-7-15)10-16-14-4-5-14/h2-3,6-7,12,14,16H,4-5,8-11H2,1H3. The molecule has 1 atom stereocenters. The Balaban J connectivity index is 1.69. The molecule has 1 saturated heterocycles. The lowest BCUT2D eigenvalue weighted by atomic mass is 10.2. The van der Waals surface area contributed by atoms with Crippen molar-refractivity contribution in [2.75, 3.05) is 19.7 Å². The molecule has 3 rings (SSSR count). The van der Waals surface area contributed by atoms with Gasteiger partial charge in [0.25, 0.3) is 0 Å². The number of hydrogen-bond acceptors (Lipinski definition) is 4. The Hall–Kier alpha value is -0.950. The summed E-state index contributed by atoms with van der Waals surface area (Å²) in [6.45, 7) is 4.02. The third-order valence-electron chi connectivity index (χ3n) is 3.94. The molecule has 1 aliphatic heterocycles. The van der Waals surface area contributed by atoms with E-state index in [1.807, 2.05) is 19.1 Å². The van der Waals surface area contributed by atoms with Crippen molar-refractivity contribution in [3.63, 3.8) is 0 Å². The van der Waals surface area contributed by atoms with Gasteiger partial charge in [-0.2, -0.15) is 4.31 Å². The van der Waals surface area contributed by atoms with Crippen molar-refractivity contribution in [1.82, 2.24) is 9.62 Å². The predicted molar refractivity (Wildman–Crippen MR) is 80.5 cm³/mol. The Kier molecular flexibility index (Phi) is 4.31. The van der Waals surface area contributed by atoms with Crippen LogP contribution < -0.4 is 5.32 Å². The molecule has 0 spiro atoms. The van der Waals surface area contributed by atoms with Gasteiger partial charge in [0, 0.05) is 25.7 Å². The summed E-state index contributed by atoms with van der Waals surface area (Å²) in [7, 11) is -3.40. The van der Waals surface area contributed by atoms with E-state index >= 15 is 0 Å². The number of sulfonamides is 1. The largest absolute Gasteiger partial charge is 0.376 e. The zero-order valence-corrected chi connectivity index (χ0v) is 13.1. The van der Waals surface area contributed by atoms with Crippen molar-refractivity contribution < 1.29 is 13.2 Å². The molecule has 0 amide bonds. The fourth-order valence-corrected chi connectivity index (χ4v) is 3.98. The molecule has 0 radical (unpaired) electrons. The van der Waals surface area contributed by atoms with Crippen molar-refractivity contribution in [2.45, 2.75) is 43.4 Å². The van der Waals surface area contributed by atoms with Crippen LogP contribution in [0.1, 0.15) is 25.3 Å². The highest BCUT2D eigenvalue weighted by Crippen LogP contribution is 2.21. The quantitative estimate of drug-likeness (QED) is 0.892. The zero-order chi connectivity index (χ0) is 14.9. The van der Waals surface area contributed by atoms with Gasteiger partial charge in [0.05, 0.1) is 17.6 Å². The molecule has 1 N–H and O–H groups in total. The first-order chi connectivity index (χ1) is 10.1. The average Bonchev–Trinajstić information content (AvgIpc) is 3.30. The topological polar surface area (TPSA) is 58.6 Å². The summed E-state index contributed by atoms with van der Waals surface area (Å²) in [6.07, 6.45) is 2.46. The van der Waals surface area contributed by atoms with Gasteiger partial charge in [-0.05, 0) is 37.5 Å². The molecule has 0 bridgehead atoms. The lowest BCUT2D eigenvalue weighted by Gasteiger charge is -2.30. The van der Waals surface area contributed by atoms with E-state index in [2.05, 4.69) is 5.32 Å². The highest BCUT2D eigenvalue weighted by Gasteiger charge is 2.29. The van der Waals surface area contributed by atoms with Crippen LogP contribution in [0.25, 0.3) is 0 Å². The molecule has 6 heteroatoms. The van der Waals surface area contributed by atoms with Crippen molar-refractivity contribution in [1.29, 1.82) is 0 Å². The molecular formula is C15H22N2O3S. The van der Waals surface area contributed by atoms with E-state index < -0.39 is 10.0 Å². The van der Waals surface area contributed by atoms with Gasteiger partial charge >= 0.3 is 0 Å². The lowest BCUT2D eigenvalue weighted by Crippen LogP contribution is -2.44. The van der Waals surface area contributed by atoms with Gasteiger partial charge in [-0.25, -0.2) is 8.42 Å². The fourth-order valence-electron chi connectivity index (χ4n) is 2.48. The Bertz CT molecular complexity index is 581. The Morgan fingerprint density at radius 2 is 2.00 bits per heavy atom. The maximum Gasteiger partial charge on any atom is 0.243 e. The molecule has 2 aliphatic rings. The van der Waals surface area contributed by atoms with E-state index in [9.17, 15) is 8.42 Å². The first-order valence-electron chi connectivity index (χ1n) is 7.50.